The van der Waals surface area contributed by atoms with Gasteiger partial charge in [-0.3, -0.25) is 20.3 Å². The first-order chi connectivity index (χ1) is 20.3. The van der Waals surface area contributed by atoms with Gasteiger partial charge in [-0.15, -0.1) is 0 Å². The maximum Gasteiger partial charge on any atom is 0.246 e. The normalized spacial score (nSPS) is 35.5. The zero-order chi connectivity index (χ0) is 29.4. The molecule has 1 aromatic rings. The number of piperazine rings is 1. The van der Waals surface area contributed by atoms with Gasteiger partial charge in [-0.05, 0) is 87.4 Å². The molecule has 4 heterocycles. The lowest BCUT2D eigenvalue weighted by molar-refractivity contribution is -0.137. The van der Waals surface area contributed by atoms with Crippen LogP contribution in [0.1, 0.15) is 44.1 Å². The van der Waals surface area contributed by atoms with Crippen molar-refractivity contribution in [3.05, 3.63) is 41.4 Å². The number of fused-ring (bicyclic) bond motifs is 2. The summed E-state index contributed by atoms with van der Waals surface area (Å²) in [7, 11) is 4.40. The monoisotopic (exact) mass is 595 g/mol. The van der Waals surface area contributed by atoms with Crippen LogP contribution in [0.5, 0.6) is 0 Å². The van der Waals surface area contributed by atoms with Gasteiger partial charge in [0.2, 0.25) is 5.91 Å². The third-order valence-corrected chi connectivity index (χ3v) is 10.9. The largest absolute Gasteiger partial charge is 0.374 e. The Bertz CT molecular complexity index is 1210. The molecule has 0 bridgehead atoms. The maximum absolute atomic E-state index is 12.6. The summed E-state index contributed by atoms with van der Waals surface area (Å²) in [5, 5.41) is 18.1. The van der Waals surface area contributed by atoms with Gasteiger partial charge in [-0.1, -0.05) is 18.2 Å². The summed E-state index contributed by atoms with van der Waals surface area (Å²) in [6, 6.07) is 9.23. The van der Waals surface area contributed by atoms with E-state index in [1.807, 2.05) is 11.0 Å². The molecule has 5 aliphatic rings. The van der Waals surface area contributed by atoms with Crippen LogP contribution in [0.2, 0.25) is 5.02 Å². The highest BCUT2D eigenvalue weighted by molar-refractivity contribution is 6.30. The molecule has 1 spiro atoms. The van der Waals surface area contributed by atoms with Gasteiger partial charge in [0.05, 0.1) is 31.3 Å². The van der Waals surface area contributed by atoms with Crippen LogP contribution in [0.4, 0.5) is 5.69 Å². The van der Waals surface area contributed by atoms with Gasteiger partial charge in [0.25, 0.3) is 0 Å². The van der Waals surface area contributed by atoms with Gasteiger partial charge in [-0.25, -0.2) is 0 Å². The summed E-state index contributed by atoms with van der Waals surface area (Å²) in [6.45, 7) is 8.59. The van der Waals surface area contributed by atoms with E-state index in [-0.39, 0.29) is 29.9 Å². The van der Waals surface area contributed by atoms with E-state index in [9.17, 15) is 10.1 Å². The Morgan fingerprint density at radius 3 is 2.86 bits per heavy atom. The molecule has 228 valence electrons. The number of nitriles is 1. The third kappa shape index (κ3) is 5.95. The van der Waals surface area contributed by atoms with Crippen LogP contribution in [0, 0.1) is 22.7 Å². The van der Waals surface area contributed by atoms with E-state index in [0.29, 0.717) is 44.1 Å². The molecule has 7 atom stereocenters. The minimum Gasteiger partial charge on any atom is -0.374 e. The van der Waals surface area contributed by atoms with E-state index in [1.54, 1.807) is 0 Å². The van der Waals surface area contributed by atoms with Gasteiger partial charge < -0.3 is 19.4 Å². The quantitative estimate of drug-likeness (QED) is 0.486. The minimum absolute atomic E-state index is 0.0886. The number of hydrogen-bond acceptors (Lipinski definition) is 8. The molecule has 4 aliphatic heterocycles. The number of nitrogens with zero attached hydrogens (tertiary/aromatic N) is 5. The van der Waals surface area contributed by atoms with Crippen LogP contribution in [0.25, 0.3) is 0 Å². The lowest BCUT2D eigenvalue weighted by Crippen LogP contribution is -2.73. The first-order valence-electron chi connectivity index (χ1n) is 15.7. The summed E-state index contributed by atoms with van der Waals surface area (Å²) in [4.78, 5) is 21.7. The summed E-state index contributed by atoms with van der Waals surface area (Å²) in [5.74, 6) is 0.314. The van der Waals surface area contributed by atoms with E-state index < -0.39 is 0 Å². The minimum atomic E-state index is -0.245. The van der Waals surface area contributed by atoms with Gasteiger partial charge in [0, 0.05) is 61.9 Å². The molecule has 4 fully saturated rings. The van der Waals surface area contributed by atoms with Crippen molar-refractivity contribution in [3.8, 4) is 6.07 Å². The fourth-order valence-electron chi connectivity index (χ4n) is 8.59. The van der Waals surface area contributed by atoms with Crippen LogP contribution >= 0.6 is 11.6 Å². The number of hydrogen-bond donors (Lipinski definition) is 2. The van der Waals surface area contributed by atoms with Crippen molar-refractivity contribution in [2.24, 2.45) is 11.3 Å². The van der Waals surface area contributed by atoms with Crippen LogP contribution < -0.4 is 15.5 Å². The first-order valence-corrected chi connectivity index (χ1v) is 16.0. The molecule has 1 aromatic carbocycles. The number of likely N-dealkylation sites (N-methyl/N-ethyl adjacent to an activating group) is 1. The lowest BCUT2D eigenvalue weighted by atomic mass is 9.62. The number of anilines is 1. The molecule has 6 rings (SSSR count). The maximum atomic E-state index is 12.6. The van der Waals surface area contributed by atoms with E-state index in [0.717, 1.165) is 50.3 Å². The number of carbonyl (C=O) groups excluding carboxylic acids is 1. The highest BCUT2D eigenvalue weighted by Crippen LogP contribution is 2.49. The van der Waals surface area contributed by atoms with Crippen molar-refractivity contribution in [2.75, 3.05) is 58.3 Å². The molecule has 6 unspecified atom stereocenters. The fraction of sp³-hybridized carbons (Fsp3) is 0.688. The van der Waals surface area contributed by atoms with Crippen molar-refractivity contribution in [1.29, 1.82) is 5.26 Å². The average molecular weight is 596 g/mol. The van der Waals surface area contributed by atoms with Crippen molar-refractivity contribution in [3.63, 3.8) is 0 Å². The van der Waals surface area contributed by atoms with Crippen LogP contribution in [-0.4, -0.2) is 105 Å². The Morgan fingerprint density at radius 2 is 2.10 bits per heavy atom. The van der Waals surface area contributed by atoms with Gasteiger partial charge >= 0.3 is 0 Å². The molecule has 1 aliphatic carbocycles. The standard InChI is InChI=1S/C32H46ClN7O2/c1-4-29(41)40-15-14-39(19-24(40)10-12-34)30-26-9-11-32(17-22-16-23(33)7-8-28(22)38(3)21-32)18-27(26)35-31(36-30)42-20-25-6-5-13-37(25)2/h4,7-8,16,24-27,30-31,35-36H,1,5-6,9-11,13-15,17-21H2,2-3H3/t24?,25?,26?,27?,30?,31?,32-/m0/s1. The second-order valence-electron chi connectivity index (χ2n) is 13.3. The zero-order valence-electron chi connectivity index (χ0n) is 25.1. The van der Waals surface area contributed by atoms with Crippen LogP contribution in [0.15, 0.2) is 30.9 Å². The van der Waals surface area contributed by atoms with Crippen molar-refractivity contribution in [2.45, 2.75) is 75.6 Å². The number of amides is 1. The molecule has 1 saturated carbocycles. The van der Waals surface area contributed by atoms with Crippen LogP contribution in [-0.2, 0) is 16.0 Å². The van der Waals surface area contributed by atoms with E-state index in [2.05, 4.69) is 64.2 Å². The van der Waals surface area contributed by atoms with E-state index in [1.165, 1.54) is 30.2 Å². The Kier molecular flexibility index (Phi) is 8.84. The Morgan fingerprint density at radius 1 is 1.24 bits per heavy atom. The molecular weight excluding hydrogens is 550 g/mol. The molecule has 1 amide bonds. The first kappa shape index (κ1) is 29.9. The second-order valence-corrected chi connectivity index (χ2v) is 13.8. The summed E-state index contributed by atoms with van der Waals surface area (Å²) < 4.78 is 6.58. The van der Waals surface area contributed by atoms with Crippen molar-refractivity contribution in [1.82, 2.24) is 25.3 Å². The average Bonchev–Trinajstić information content (AvgIpc) is 3.39. The number of ether oxygens (including phenoxy) is 1. The second kappa shape index (κ2) is 12.4. The Labute approximate surface area is 255 Å². The molecule has 3 saturated heterocycles. The predicted molar refractivity (Wildman–Crippen MR) is 165 cm³/mol. The topological polar surface area (TPSA) is 87.1 Å². The summed E-state index contributed by atoms with van der Waals surface area (Å²) in [6.07, 6.45) is 8.33. The van der Waals surface area contributed by atoms with E-state index >= 15 is 0 Å². The Hall–Kier alpha value is -2.19. The number of benzene rings is 1. The highest BCUT2D eigenvalue weighted by Gasteiger charge is 2.50. The van der Waals surface area contributed by atoms with Gasteiger partial charge in [0.1, 0.15) is 0 Å². The van der Waals surface area contributed by atoms with Gasteiger partial charge in [0.15, 0.2) is 6.35 Å². The van der Waals surface area contributed by atoms with E-state index in [4.69, 9.17) is 16.3 Å². The lowest BCUT2D eigenvalue weighted by Gasteiger charge is -2.57. The highest BCUT2D eigenvalue weighted by atomic mass is 35.5. The molecule has 2 N–H and O–H groups in total. The van der Waals surface area contributed by atoms with Crippen LogP contribution in [0.3, 0.4) is 0 Å². The summed E-state index contributed by atoms with van der Waals surface area (Å²) >= 11 is 6.44. The predicted octanol–water partition coefficient (Wildman–Crippen LogP) is 3.01. The number of carbonyl (C=O) groups is 1. The fourth-order valence-corrected chi connectivity index (χ4v) is 8.78. The number of nitrogens with one attached hydrogen (secondary N) is 2. The van der Waals surface area contributed by atoms with Gasteiger partial charge in [-0.2, -0.15) is 5.26 Å². The molecule has 9 nitrogen and oxygen atoms in total. The Balaban J connectivity index is 1.22. The number of rotatable bonds is 6. The molecule has 10 heteroatoms. The molecule has 0 aromatic heterocycles. The SMILES string of the molecule is C=CC(=O)N1CCN(C2NC(OCC3CCCN3C)NC3C[C@]4(CCC32)Cc2cc(Cl)ccc2N(C)C4)CC1CC#N. The van der Waals surface area contributed by atoms with Crippen molar-refractivity contribution >= 4 is 23.2 Å². The third-order valence-electron chi connectivity index (χ3n) is 10.7. The molecule has 0 radical (unpaired) electrons. The molecular formula is C32H46ClN7O2. The molecule has 42 heavy (non-hydrogen) atoms. The number of halogens is 1. The summed E-state index contributed by atoms with van der Waals surface area (Å²) in [5.41, 5.74) is 2.82. The van der Waals surface area contributed by atoms with Crippen molar-refractivity contribution < 1.29 is 9.53 Å². The number of likely N-dealkylation sites (tertiary alicyclic amines) is 1. The zero-order valence-corrected chi connectivity index (χ0v) is 25.9. The smallest absolute Gasteiger partial charge is 0.246 e.